The zero-order valence-corrected chi connectivity index (χ0v) is 6.73. The fraction of sp³-hybridized carbons (Fsp3) is 0.333. The van der Waals surface area contributed by atoms with Crippen molar-refractivity contribution < 1.29 is 4.79 Å². The summed E-state index contributed by atoms with van der Waals surface area (Å²) in [5.74, 6) is -0.338. The Bertz CT molecular complexity index is 222. The van der Waals surface area contributed by atoms with E-state index in [2.05, 4.69) is 10.3 Å². The summed E-state index contributed by atoms with van der Waals surface area (Å²) in [6.45, 7) is 0.880. The molecule has 11 heavy (non-hydrogen) atoms. The molecule has 1 rings (SSSR count). The number of aromatic nitrogens is 1. The smallest absolute Gasteiger partial charge is 0.231 e. The summed E-state index contributed by atoms with van der Waals surface area (Å²) in [7, 11) is 0. The molecule has 1 aromatic rings. The Morgan fingerprint density at radius 1 is 1.82 bits per heavy atom. The molecule has 4 nitrogen and oxygen atoms in total. The van der Waals surface area contributed by atoms with Crippen LogP contribution in [0.2, 0.25) is 0 Å². The summed E-state index contributed by atoms with van der Waals surface area (Å²) in [4.78, 5) is 15.3. The monoisotopic (exact) mass is 171 g/mol. The number of nitrogens with two attached hydrogens (primary N) is 1. The van der Waals surface area contributed by atoms with Crippen molar-refractivity contribution in [1.82, 2.24) is 10.3 Å². The van der Waals surface area contributed by atoms with Crippen molar-refractivity contribution in [1.29, 1.82) is 0 Å². The molecule has 5 heteroatoms. The van der Waals surface area contributed by atoms with Gasteiger partial charge in [0.15, 0.2) is 0 Å². The quantitative estimate of drug-likeness (QED) is 0.654. The molecule has 0 spiro atoms. The van der Waals surface area contributed by atoms with Gasteiger partial charge in [0.25, 0.3) is 0 Å². The van der Waals surface area contributed by atoms with Gasteiger partial charge in [-0.2, -0.15) is 0 Å². The molecule has 1 amide bonds. The van der Waals surface area contributed by atoms with E-state index >= 15 is 0 Å². The minimum Gasteiger partial charge on any atom is -0.369 e. The van der Waals surface area contributed by atoms with Gasteiger partial charge in [-0.1, -0.05) is 0 Å². The van der Waals surface area contributed by atoms with Crippen LogP contribution in [0.4, 0.5) is 0 Å². The fourth-order valence-corrected chi connectivity index (χ4v) is 1.20. The number of nitrogens with one attached hydrogen (secondary N) is 1. The number of hydrogen-bond donors (Lipinski definition) is 2. The predicted octanol–water partition coefficient (Wildman–Crippen LogP) is -0.282. The lowest BCUT2D eigenvalue weighted by Gasteiger charge is -1.96. The molecule has 1 heterocycles. The van der Waals surface area contributed by atoms with Crippen molar-refractivity contribution in [3.05, 3.63) is 16.6 Å². The van der Waals surface area contributed by atoms with Crippen LogP contribution in [0.5, 0.6) is 0 Å². The van der Waals surface area contributed by atoms with Crippen LogP contribution >= 0.6 is 11.3 Å². The minimum atomic E-state index is -0.338. The molecule has 1 aromatic heterocycles. The molecule has 0 aromatic carbocycles. The number of amides is 1. The molecule has 3 N–H and O–H groups in total. The van der Waals surface area contributed by atoms with Crippen LogP contribution in [-0.2, 0) is 11.3 Å². The van der Waals surface area contributed by atoms with Gasteiger partial charge in [-0.25, -0.2) is 0 Å². The lowest BCUT2D eigenvalue weighted by molar-refractivity contribution is -0.117. The van der Waals surface area contributed by atoms with Crippen molar-refractivity contribution >= 4 is 17.2 Å². The lowest BCUT2D eigenvalue weighted by atomic mass is 10.5. The Morgan fingerprint density at radius 3 is 3.18 bits per heavy atom. The number of hydrogen-bond acceptors (Lipinski definition) is 4. The number of rotatable bonds is 4. The van der Waals surface area contributed by atoms with Gasteiger partial charge in [0.2, 0.25) is 5.91 Å². The normalized spacial score (nSPS) is 9.82. The third-order valence-electron chi connectivity index (χ3n) is 1.08. The van der Waals surface area contributed by atoms with Crippen LogP contribution < -0.4 is 11.1 Å². The van der Waals surface area contributed by atoms with E-state index in [0.29, 0.717) is 6.54 Å². The van der Waals surface area contributed by atoms with Gasteiger partial charge in [0.1, 0.15) is 0 Å². The number of carbonyl (C=O) groups is 1. The third kappa shape index (κ3) is 3.10. The van der Waals surface area contributed by atoms with E-state index in [1.54, 1.807) is 23.0 Å². The van der Waals surface area contributed by atoms with Crippen LogP contribution in [-0.4, -0.2) is 17.4 Å². The minimum absolute atomic E-state index is 0.220. The van der Waals surface area contributed by atoms with E-state index in [1.165, 1.54) is 0 Å². The third-order valence-corrected chi connectivity index (χ3v) is 1.86. The fourth-order valence-electron chi connectivity index (χ4n) is 0.638. The topological polar surface area (TPSA) is 68.0 Å². The second kappa shape index (κ2) is 4.05. The molecule has 0 fully saturated rings. The average molecular weight is 171 g/mol. The second-order valence-corrected chi connectivity index (χ2v) is 3.01. The van der Waals surface area contributed by atoms with Gasteiger partial charge < -0.3 is 11.1 Å². The zero-order chi connectivity index (χ0) is 8.10. The SMILES string of the molecule is NC(=O)CNCc1cncs1. The molecule has 0 saturated carbocycles. The maximum Gasteiger partial charge on any atom is 0.231 e. The molecule has 0 saturated heterocycles. The average Bonchev–Trinajstić information content (AvgIpc) is 2.39. The molecule has 0 unspecified atom stereocenters. The van der Waals surface area contributed by atoms with Crippen LogP contribution in [0.25, 0.3) is 0 Å². The van der Waals surface area contributed by atoms with E-state index in [0.717, 1.165) is 4.88 Å². The van der Waals surface area contributed by atoms with E-state index in [1.807, 2.05) is 0 Å². The maximum atomic E-state index is 10.3. The Kier molecular flexibility index (Phi) is 3.00. The van der Waals surface area contributed by atoms with Gasteiger partial charge in [-0.15, -0.1) is 11.3 Å². The number of carbonyl (C=O) groups excluding carboxylic acids is 1. The van der Waals surface area contributed by atoms with E-state index in [9.17, 15) is 4.79 Å². The van der Waals surface area contributed by atoms with Crippen molar-refractivity contribution in [2.24, 2.45) is 5.73 Å². The highest BCUT2D eigenvalue weighted by atomic mass is 32.1. The number of primary amides is 1. The molecular formula is C6H9N3OS. The van der Waals surface area contributed by atoms with Gasteiger partial charge >= 0.3 is 0 Å². The van der Waals surface area contributed by atoms with Crippen LogP contribution in [0.1, 0.15) is 4.88 Å². The largest absolute Gasteiger partial charge is 0.369 e. The standard InChI is InChI=1S/C6H9N3OS/c7-6(10)3-8-1-5-2-9-4-11-5/h2,4,8H,1,3H2,(H2,7,10). The Hall–Kier alpha value is -0.940. The zero-order valence-electron chi connectivity index (χ0n) is 5.91. The molecule has 0 aliphatic rings. The molecule has 0 aliphatic heterocycles. The lowest BCUT2D eigenvalue weighted by Crippen LogP contribution is -2.27. The Balaban J connectivity index is 2.19. The van der Waals surface area contributed by atoms with Gasteiger partial charge in [0.05, 0.1) is 12.1 Å². The highest BCUT2D eigenvalue weighted by Gasteiger charge is 1.95. The molecule has 0 atom stereocenters. The summed E-state index contributed by atoms with van der Waals surface area (Å²) < 4.78 is 0. The van der Waals surface area contributed by atoms with Crippen LogP contribution in [0, 0.1) is 0 Å². The van der Waals surface area contributed by atoms with Crippen LogP contribution in [0.15, 0.2) is 11.7 Å². The van der Waals surface area contributed by atoms with Gasteiger partial charge in [0, 0.05) is 17.6 Å². The van der Waals surface area contributed by atoms with Crippen molar-refractivity contribution in [3.63, 3.8) is 0 Å². The first kappa shape index (κ1) is 8.16. The number of thiazole rings is 1. The van der Waals surface area contributed by atoms with Crippen LogP contribution in [0.3, 0.4) is 0 Å². The molecule has 0 aliphatic carbocycles. The van der Waals surface area contributed by atoms with Crippen molar-refractivity contribution in [2.45, 2.75) is 6.54 Å². The Morgan fingerprint density at radius 2 is 2.64 bits per heavy atom. The first-order valence-corrected chi connectivity index (χ1v) is 4.03. The van der Waals surface area contributed by atoms with E-state index < -0.39 is 0 Å². The molecule has 60 valence electrons. The first-order valence-electron chi connectivity index (χ1n) is 3.15. The van der Waals surface area contributed by atoms with Crippen molar-refractivity contribution in [2.75, 3.05) is 6.54 Å². The highest BCUT2D eigenvalue weighted by Crippen LogP contribution is 2.03. The van der Waals surface area contributed by atoms with E-state index in [4.69, 9.17) is 5.73 Å². The van der Waals surface area contributed by atoms with E-state index in [-0.39, 0.29) is 12.5 Å². The summed E-state index contributed by atoms with van der Waals surface area (Å²) in [6.07, 6.45) is 1.76. The van der Waals surface area contributed by atoms with Crippen molar-refractivity contribution in [3.8, 4) is 0 Å². The van der Waals surface area contributed by atoms with Gasteiger partial charge in [-0.05, 0) is 0 Å². The van der Waals surface area contributed by atoms with Gasteiger partial charge in [-0.3, -0.25) is 9.78 Å². The summed E-state index contributed by atoms with van der Waals surface area (Å²) >= 11 is 1.55. The number of nitrogens with zero attached hydrogens (tertiary/aromatic N) is 1. The summed E-state index contributed by atoms with van der Waals surface area (Å²) in [5.41, 5.74) is 6.67. The summed E-state index contributed by atoms with van der Waals surface area (Å²) in [5, 5.41) is 2.88. The molecule has 0 bridgehead atoms. The maximum absolute atomic E-state index is 10.3. The highest BCUT2D eigenvalue weighted by molar-refractivity contribution is 7.09. The Labute approximate surface area is 68.4 Å². The molecule has 0 radical (unpaired) electrons. The molecular weight excluding hydrogens is 162 g/mol. The summed E-state index contributed by atoms with van der Waals surface area (Å²) in [6, 6.07) is 0. The first-order chi connectivity index (χ1) is 5.29. The second-order valence-electron chi connectivity index (χ2n) is 2.04. The predicted molar refractivity (Wildman–Crippen MR) is 43.0 cm³/mol.